The van der Waals surface area contributed by atoms with Crippen LogP contribution in [0, 0.1) is 0 Å². The fourth-order valence-electron chi connectivity index (χ4n) is 2.03. The first kappa shape index (κ1) is 15.2. The van der Waals surface area contributed by atoms with E-state index in [2.05, 4.69) is 4.72 Å². The molecule has 1 saturated heterocycles. The van der Waals surface area contributed by atoms with Crippen LogP contribution in [0.2, 0.25) is 0 Å². The normalized spacial score (nSPS) is 25.3. The molecular weight excluding hydrogens is 260 g/mol. The average molecular weight is 280 g/mol. The van der Waals surface area contributed by atoms with Crippen molar-refractivity contribution in [1.82, 2.24) is 18.8 Å². The monoisotopic (exact) mass is 280 g/mol. The first-order valence-electron chi connectivity index (χ1n) is 5.73. The van der Waals surface area contributed by atoms with Crippen molar-refractivity contribution >= 4 is 16.2 Å². The number of nitrogens with zero attached hydrogens (tertiary/aromatic N) is 3. The molecule has 1 rings (SSSR count). The van der Waals surface area contributed by atoms with Gasteiger partial charge in [-0.25, -0.2) is 9.52 Å². The summed E-state index contributed by atoms with van der Waals surface area (Å²) in [6, 6.07) is -0.365. The smallest absolute Gasteiger partial charge is 0.323 e. The summed E-state index contributed by atoms with van der Waals surface area (Å²) in [6.07, 6.45) is -2.09. The summed E-state index contributed by atoms with van der Waals surface area (Å²) in [6.45, 7) is 4.10. The average Bonchev–Trinajstić information content (AvgIpc) is 2.58. The number of rotatable bonds is 5. The van der Waals surface area contributed by atoms with Gasteiger partial charge in [-0.15, -0.1) is 0 Å². The molecule has 18 heavy (non-hydrogen) atoms. The SMILES string of the molecule is CCN1C(=O)N(CC)[C@@H](N(C)S(=O)(=O)NC)[C@H]1O. The van der Waals surface area contributed by atoms with Gasteiger partial charge in [0.25, 0.3) is 10.2 Å². The van der Waals surface area contributed by atoms with E-state index in [0.29, 0.717) is 13.1 Å². The molecule has 0 aromatic rings. The van der Waals surface area contributed by atoms with E-state index in [1.807, 2.05) is 0 Å². The summed E-state index contributed by atoms with van der Waals surface area (Å²) in [5.74, 6) is 0. The number of hydrogen-bond acceptors (Lipinski definition) is 4. The number of carbonyl (C=O) groups excluding carboxylic acids is 1. The summed E-state index contributed by atoms with van der Waals surface area (Å²) in [4.78, 5) is 14.5. The molecule has 0 unspecified atom stereocenters. The van der Waals surface area contributed by atoms with Crippen LogP contribution >= 0.6 is 0 Å². The lowest BCUT2D eigenvalue weighted by atomic mass is 10.4. The van der Waals surface area contributed by atoms with Crippen LogP contribution in [0.25, 0.3) is 0 Å². The van der Waals surface area contributed by atoms with Crippen molar-refractivity contribution in [2.24, 2.45) is 0 Å². The summed E-state index contributed by atoms with van der Waals surface area (Å²) in [5, 5.41) is 10.1. The van der Waals surface area contributed by atoms with Crippen molar-refractivity contribution in [2.45, 2.75) is 26.2 Å². The number of nitrogens with one attached hydrogen (secondary N) is 1. The number of amides is 2. The van der Waals surface area contributed by atoms with Crippen LogP contribution in [0.5, 0.6) is 0 Å². The summed E-state index contributed by atoms with van der Waals surface area (Å²) < 4.78 is 26.6. The Morgan fingerprint density at radius 1 is 1.33 bits per heavy atom. The van der Waals surface area contributed by atoms with Gasteiger partial charge in [0, 0.05) is 27.2 Å². The molecule has 0 aliphatic carbocycles. The molecule has 106 valence electrons. The molecule has 8 nitrogen and oxygen atoms in total. The molecule has 0 radical (unpaired) electrons. The predicted octanol–water partition coefficient (Wildman–Crippen LogP) is -1.20. The predicted molar refractivity (Wildman–Crippen MR) is 65.7 cm³/mol. The maximum atomic E-state index is 12.0. The van der Waals surface area contributed by atoms with Gasteiger partial charge in [0.05, 0.1) is 0 Å². The molecule has 2 atom stereocenters. The van der Waals surface area contributed by atoms with Gasteiger partial charge in [0.15, 0.2) is 6.23 Å². The Kier molecular flexibility index (Phi) is 4.54. The highest BCUT2D eigenvalue weighted by Crippen LogP contribution is 2.24. The highest BCUT2D eigenvalue weighted by atomic mass is 32.2. The second-order valence-electron chi connectivity index (χ2n) is 3.91. The first-order chi connectivity index (χ1) is 8.31. The molecule has 2 N–H and O–H groups in total. The standard InChI is InChI=1S/C9H20N4O4S/c1-5-12-7(11(4)18(16,17)10-3)8(14)13(6-2)9(12)15/h7-8,10,14H,5-6H2,1-4H3/t7-,8-/m1/s1. The molecule has 1 heterocycles. The molecule has 2 amide bonds. The second-order valence-corrected chi connectivity index (χ2v) is 5.84. The molecule has 1 aliphatic rings. The minimum absolute atomic E-state index is 0.320. The fourth-order valence-corrected chi connectivity index (χ4v) is 2.82. The van der Waals surface area contributed by atoms with Crippen molar-refractivity contribution in [3.8, 4) is 0 Å². The molecule has 1 fully saturated rings. The van der Waals surface area contributed by atoms with E-state index in [1.165, 1.54) is 23.9 Å². The van der Waals surface area contributed by atoms with Gasteiger partial charge in [0.1, 0.15) is 6.17 Å². The van der Waals surface area contributed by atoms with Gasteiger partial charge in [-0.3, -0.25) is 4.90 Å². The van der Waals surface area contributed by atoms with Crippen LogP contribution in [0.1, 0.15) is 13.8 Å². The molecule has 0 aromatic carbocycles. The van der Waals surface area contributed by atoms with E-state index in [-0.39, 0.29) is 6.03 Å². The Hall–Kier alpha value is -0.900. The summed E-state index contributed by atoms with van der Waals surface area (Å²) in [5.41, 5.74) is 0. The number of carbonyl (C=O) groups is 1. The lowest BCUT2D eigenvalue weighted by Crippen LogP contribution is -2.53. The zero-order chi connectivity index (χ0) is 14.1. The summed E-state index contributed by atoms with van der Waals surface area (Å²) in [7, 11) is -1.10. The number of hydrogen-bond donors (Lipinski definition) is 2. The largest absolute Gasteiger partial charge is 0.370 e. The van der Waals surface area contributed by atoms with Crippen molar-refractivity contribution in [1.29, 1.82) is 0 Å². The lowest BCUT2D eigenvalue weighted by Gasteiger charge is -2.30. The van der Waals surface area contributed by atoms with Crippen molar-refractivity contribution in [2.75, 3.05) is 27.2 Å². The maximum absolute atomic E-state index is 12.0. The van der Waals surface area contributed by atoms with Gasteiger partial charge < -0.3 is 10.0 Å². The fraction of sp³-hybridized carbons (Fsp3) is 0.889. The van der Waals surface area contributed by atoms with Gasteiger partial charge in [-0.05, 0) is 13.8 Å². The Balaban J connectivity index is 3.10. The van der Waals surface area contributed by atoms with E-state index < -0.39 is 22.6 Å². The Morgan fingerprint density at radius 2 is 1.83 bits per heavy atom. The van der Waals surface area contributed by atoms with Gasteiger partial charge in [0.2, 0.25) is 0 Å². The third kappa shape index (κ3) is 2.30. The number of aliphatic hydroxyl groups excluding tert-OH is 1. The minimum atomic E-state index is -3.71. The van der Waals surface area contributed by atoms with Gasteiger partial charge >= 0.3 is 6.03 Å². The second kappa shape index (κ2) is 5.39. The van der Waals surface area contributed by atoms with Gasteiger partial charge in [-0.1, -0.05) is 0 Å². The van der Waals surface area contributed by atoms with Gasteiger partial charge in [-0.2, -0.15) is 12.7 Å². The van der Waals surface area contributed by atoms with Crippen LogP contribution in [0.3, 0.4) is 0 Å². The van der Waals surface area contributed by atoms with E-state index in [4.69, 9.17) is 0 Å². The van der Waals surface area contributed by atoms with Crippen LogP contribution in [-0.2, 0) is 10.2 Å². The van der Waals surface area contributed by atoms with E-state index in [1.54, 1.807) is 13.8 Å². The molecule has 0 spiro atoms. The zero-order valence-electron chi connectivity index (χ0n) is 11.0. The number of urea groups is 1. The minimum Gasteiger partial charge on any atom is -0.370 e. The molecular formula is C9H20N4O4S. The highest BCUT2D eigenvalue weighted by Gasteiger charge is 2.48. The van der Waals surface area contributed by atoms with Crippen molar-refractivity contribution < 1.29 is 18.3 Å². The Bertz CT molecular complexity index is 413. The zero-order valence-corrected chi connectivity index (χ0v) is 11.8. The molecule has 0 aromatic heterocycles. The van der Waals surface area contributed by atoms with E-state index in [9.17, 15) is 18.3 Å². The quantitative estimate of drug-likeness (QED) is 0.662. The molecule has 1 aliphatic heterocycles. The Morgan fingerprint density at radius 3 is 2.22 bits per heavy atom. The van der Waals surface area contributed by atoms with Crippen LogP contribution in [-0.4, -0.2) is 73.2 Å². The third-order valence-electron chi connectivity index (χ3n) is 3.09. The summed E-state index contributed by atoms with van der Waals surface area (Å²) >= 11 is 0. The van der Waals surface area contributed by atoms with E-state index in [0.717, 1.165) is 4.31 Å². The number of aliphatic hydroxyl groups is 1. The van der Waals surface area contributed by atoms with Crippen LogP contribution in [0.15, 0.2) is 0 Å². The van der Waals surface area contributed by atoms with Crippen molar-refractivity contribution in [3.63, 3.8) is 0 Å². The van der Waals surface area contributed by atoms with E-state index >= 15 is 0 Å². The first-order valence-corrected chi connectivity index (χ1v) is 7.17. The lowest BCUT2D eigenvalue weighted by molar-refractivity contribution is 0.00107. The Labute approximate surface area is 107 Å². The third-order valence-corrected chi connectivity index (χ3v) is 4.58. The molecule has 9 heteroatoms. The van der Waals surface area contributed by atoms with Crippen LogP contribution < -0.4 is 4.72 Å². The highest BCUT2D eigenvalue weighted by molar-refractivity contribution is 7.87. The van der Waals surface area contributed by atoms with Crippen LogP contribution in [0.4, 0.5) is 4.79 Å². The van der Waals surface area contributed by atoms with Crippen molar-refractivity contribution in [3.05, 3.63) is 0 Å². The maximum Gasteiger partial charge on any atom is 0.323 e. The number of likely N-dealkylation sites (N-methyl/N-ethyl adjacent to an activating group) is 3. The molecule has 0 bridgehead atoms. The topological polar surface area (TPSA) is 93.2 Å². The molecule has 0 saturated carbocycles.